The lowest BCUT2D eigenvalue weighted by Gasteiger charge is -2.40. The van der Waals surface area contributed by atoms with Crippen molar-refractivity contribution in [2.45, 2.75) is 6.92 Å². The first-order chi connectivity index (χ1) is 8.49. The van der Waals surface area contributed by atoms with Gasteiger partial charge in [0.1, 0.15) is 5.69 Å². The number of carboxylic acids is 1. The normalized spacial score (nSPS) is 17.1. The highest BCUT2D eigenvalue weighted by molar-refractivity contribution is 6.30. The summed E-state index contributed by atoms with van der Waals surface area (Å²) in [6.07, 6.45) is 1.42. The minimum Gasteiger partial charge on any atom is -0.481 e. The number of amides is 1. The molecule has 1 aliphatic rings. The molecule has 1 aromatic rings. The molecule has 6 heteroatoms. The average Bonchev–Trinajstić information content (AvgIpc) is 2.27. The smallest absolute Gasteiger partial charge is 0.306 e. The Hall–Kier alpha value is -1.62. The van der Waals surface area contributed by atoms with Crippen molar-refractivity contribution in [3.05, 3.63) is 29.0 Å². The molecule has 0 spiro atoms. The number of carboxylic acid groups (broad SMARTS) is 1. The molecule has 2 rings (SSSR count). The van der Waals surface area contributed by atoms with E-state index in [4.69, 9.17) is 16.7 Å². The molecule has 96 valence electrons. The molecule has 18 heavy (non-hydrogen) atoms. The largest absolute Gasteiger partial charge is 0.481 e. The molecule has 1 saturated heterocycles. The molecule has 1 aromatic heterocycles. The summed E-state index contributed by atoms with van der Waals surface area (Å²) >= 11 is 5.69. The van der Waals surface area contributed by atoms with E-state index in [2.05, 4.69) is 4.98 Å². The van der Waals surface area contributed by atoms with Gasteiger partial charge in [0.05, 0.1) is 10.9 Å². The van der Waals surface area contributed by atoms with Crippen LogP contribution in [0.5, 0.6) is 0 Å². The molecule has 1 unspecified atom stereocenters. The van der Waals surface area contributed by atoms with E-state index in [1.54, 1.807) is 24.0 Å². The van der Waals surface area contributed by atoms with Crippen molar-refractivity contribution < 1.29 is 14.7 Å². The fourth-order valence-electron chi connectivity index (χ4n) is 1.86. The van der Waals surface area contributed by atoms with Gasteiger partial charge in [0.2, 0.25) is 0 Å². The Morgan fingerprint density at radius 3 is 2.67 bits per heavy atom. The van der Waals surface area contributed by atoms with E-state index in [1.165, 1.54) is 6.20 Å². The van der Waals surface area contributed by atoms with Crippen LogP contribution in [0.4, 0.5) is 0 Å². The van der Waals surface area contributed by atoms with Crippen LogP contribution in [0.2, 0.25) is 5.02 Å². The van der Waals surface area contributed by atoms with E-state index in [1.807, 2.05) is 0 Å². The van der Waals surface area contributed by atoms with E-state index >= 15 is 0 Å². The summed E-state index contributed by atoms with van der Waals surface area (Å²) in [5, 5.41) is 9.34. The lowest BCUT2D eigenvalue weighted by atomic mass is 9.87. The second kappa shape index (κ2) is 4.94. The predicted octanol–water partition coefficient (Wildman–Crippen LogP) is 1.53. The van der Waals surface area contributed by atoms with Crippen molar-refractivity contribution in [1.29, 1.82) is 0 Å². The average molecular weight is 269 g/mol. The zero-order valence-corrected chi connectivity index (χ0v) is 10.6. The maximum Gasteiger partial charge on any atom is 0.306 e. The number of hydrogen-bond donors (Lipinski definition) is 1. The van der Waals surface area contributed by atoms with Crippen LogP contribution < -0.4 is 0 Å². The Morgan fingerprint density at radius 1 is 1.50 bits per heavy atom. The zero-order chi connectivity index (χ0) is 13.3. The number of halogens is 1. The van der Waals surface area contributed by atoms with Gasteiger partial charge in [0.25, 0.3) is 5.91 Å². The van der Waals surface area contributed by atoms with Crippen molar-refractivity contribution in [1.82, 2.24) is 9.88 Å². The molecule has 0 aliphatic carbocycles. The van der Waals surface area contributed by atoms with Crippen molar-refractivity contribution in [3.8, 4) is 0 Å². The first kappa shape index (κ1) is 12.8. The summed E-state index contributed by atoms with van der Waals surface area (Å²) in [6.45, 7) is 2.60. The summed E-state index contributed by atoms with van der Waals surface area (Å²) in [5.41, 5.74) is 0.334. The van der Waals surface area contributed by atoms with Gasteiger partial charge in [-0.3, -0.25) is 9.59 Å². The highest BCUT2D eigenvalue weighted by atomic mass is 35.5. The van der Waals surface area contributed by atoms with Crippen molar-refractivity contribution in [3.63, 3.8) is 0 Å². The summed E-state index contributed by atoms with van der Waals surface area (Å²) in [4.78, 5) is 28.3. The minimum atomic E-state index is -0.822. The van der Waals surface area contributed by atoms with Gasteiger partial charge in [0, 0.05) is 25.2 Å². The molecule has 1 N–H and O–H groups in total. The fraction of sp³-hybridized carbons (Fsp3) is 0.417. The molecule has 0 bridgehead atoms. The van der Waals surface area contributed by atoms with Crippen LogP contribution in [0.15, 0.2) is 18.3 Å². The number of carbonyl (C=O) groups is 2. The van der Waals surface area contributed by atoms with Gasteiger partial charge in [-0.2, -0.15) is 0 Å². The van der Waals surface area contributed by atoms with Crippen LogP contribution in [0.1, 0.15) is 17.4 Å². The van der Waals surface area contributed by atoms with E-state index in [0.717, 1.165) is 0 Å². The first-order valence-electron chi connectivity index (χ1n) is 5.62. The molecule has 5 nitrogen and oxygen atoms in total. The van der Waals surface area contributed by atoms with E-state index in [-0.39, 0.29) is 11.8 Å². The first-order valence-corrected chi connectivity index (χ1v) is 6.00. The third kappa shape index (κ3) is 2.46. The predicted molar refractivity (Wildman–Crippen MR) is 65.4 cm³/mol. The number of nitrogens with zero attached hydrogens (tertiary/aromatic N) is 2. The van der Waals surface area contributed by atoms with Crippen molar-refractivity contribution >= 4 is 23.5 Å². The molecule has 2 heterocycles. The van der Waals surface area contributed by atoms with Gasteiger partial charge in [-0.15, -0.1) is 0 Å². The second-order valence-electron chi connectivity index (χ2n) is 4.46. The summed E-state index contributed by atoms with van der Waals surface area (Å²) in [7, 11) is 0. The van der Waals surface area contributed by atoms with E-state index in [0.29, 0.717) is 23.8 Å². The molecular formula is C12H13ClN2O3. The molecule has 1 amide bonds. The quantitative estimate of drug-likeness (QED) is 0.902. The maximum absolute atomic E-state index is 11.9. The minimum absolute atomic E-state index is 0.0266. The SMILES string of the molecule is CC(C(=O)O)C1CN(C(=O)c2ccc(Cl)cn2)C1. The van der Waals surface area contributed by atoms with Gasteiger partial charge in [-0.1, -0.05) is 18.5 Å². The van der Waals surface area contributed by atoms with Crippen LogP contribution >= 0.6 is 11.6 Å². The molecule has 1 fully saturated rings. The Bertz CT molecular complexity index is 469. The third-order valence-electron chi connectivity index (χ3n) is 3.24. The number of rotatable bonds is 3. The van der Waals surface area contributed by atoms with Gasteiger partial charge in [-0.25, -0.2) is 4.98 Å². The fourth-order valence-corrected chi connectivity index (χ4v) is 1.97. The Kier molecular flexibility index (Phi) is 3.52. The van der Waals surface area contributed by atoms with E-state index in [9.17, 15) is 9.59 Å². The third-order valence-corrected chi connectivity index (χ3v) is 3.46. The Balaban J connectivity index is 1.94. The molecule has 1 atom stereocenters. The van der Waals surface area contributed by atoms with Crippen LogP contribution in [0, 0.1) is 11.8 Å². The topological polar surface area (TPSA) is 70.5 Å². The van der Waals surface area contributed by atoms with Crippen LogP contribution in [0.25, 0.3) is 0 Å². The van der Waals surface area contributed by atoms with Gasteiger partial charge in [0.15, 0.2) is 0 Å². The van der Waals surface area contributed by atoms with Gasteiger partial charge < -0.3 is 10.0 Å². The number of aliphatic carboxylic acids is 1. The van der Waals surface area contributed by atoms with Gasteiger partial charge in [-0.05, 0) is 12.1 Å². The molecule has 0 radical (unpaired) electrons. The number of aromatic nitrogens is 1. The zero-order valence-electron chi connectivity index (χ0n) is 9.84. The highest BCUT2D eigenvalue weighted by Gasteiger charge is 2.37. The number of likely N-dealkylation sites (tertiary alicyclic amines) is 1. The Labute approximate surface area is 109 Å². The number of pyridine rings is 1. The molecular weight excluding hydrogens is 256 g/mol. The monoisotopic (exact) mass is 268 g/mol. The lowest BCUT2D eigenvalue weighted by molar-refractivity contribution is -0.144. The summed E-state index contributed by atoms with van der Waals surface area (Å²) in [6, 6.07) is 3.18. The number of hydrogen-bond acceptors (Lipinski definition) is 3. The maximum atomic E-state index is 11.9. The molecule has 0 saturated carbocycles. The summed E-state index contributed by atoms with van der Waals surface area (Å²) in [5.74, 6) is -1.40. The van der Waals surface area contributed by atoms with Crippen LogP contribution in [-0.2, 0) is 4.79 Å². The highest BCUT2D eigenvalue weighted by Crippen LogP contribution is 2.25. The molecule has 0 aromatic carbocycles. The van der Waals surface area contributed by atoms with Crippen LogP contribution in [-0.4, -0.2) is 40.0 Å². The second-order valence-corrected chi connectivity index (χ2v) is 4.90. The standard InChI is InChI=1S/C12H13ClN2O3/c1-7(12(17)18)8-5-15(6-8)11(16)10-3-2-9(13)4-14-10/h2-4,7-8H,5-6H2,1H3,(H,17,18). The number of carbonyl (C=O) groups excluding carboxylic acids is 1. The Morgan fingerprint density at radius 2 is 2.17 bits per heavy atom. The lowest BCUT2D eigenvalue weighted by Crippen LogP contribution is -2.53. The van der Waals surface area contributed by atoms with Crippen molar-refractivity contribution in [2.75, 3.05) is 13.1 Å². The van der Waals surface area contributed by atoms with Crippen molar-refractivity contribution in [2.24, 2.45) is 11.8 Å². The molecule has 1 aliphatic heterocycles. The van der Waals surface area contributed by atoms with E-state index < -0.39 is 11.9 Å². The van der Waals surface area contributed by atoms with Crippen LogP contribution in [0.3, 0.4) is 0 Å². The summed E-state index contributed by atoms with van der Waals surface area (Å²) < 4.78 is 0. The van der Waals surface area contributed by atoms with Gasteiger partial charge >= 0.3 is 5.97 Å².